The summed E-state index contributed by atoms with van der Waals surface area (Å²) < 4.78 is 8.93. The Hall–Kier alpha value is -1.80. The maximum absolute atomic E-state index is 12.7. The lowest BCUT2D eigenvalue weighted by atomic mass is 10.2. The van der Waals surface area contributed by atoms with Gasteiger partial charge in [-0.1, -0.05) is 18.7 Å². The summed E-state index contributed by atoms with van der Waals surface area (Å²) in [6.45, 7) is 9.20. The first kappa shape index (κ1) is 19.5. The number of ether oxygens (including phenoxy) is 1. The number of H-pyrrole nitrogens is 1. The molecule has 25 heavy (non-hydrogen) atoms. The normalized spacial score (nSPS) is 12.5. The summed E-state index contributed by atoms with van der Waals surface area (Å²) in [5.74, 6) is 0.282. The van der Waals surface area contributed by atoms with Gasteiger partial charge in [-0.05, 0) is 33.3 Å². The third kappa shape index (κ3) is 4.24. The third-order valence-electron chi connectivity index (χ3n) is 4.14. The van der Waals surface area contributed by atoms with Gasteiger partial charge in [0.25, 0.3) is 0 Å². The van der Waals surface area contributed by atoms with Crippen molar-refractivity contribution in [1.29, 1.82) is 0 Å². The standard InChI is InChI=1S/C17H26N4O3S/c1-6-7-20-16(23)18-19-17(20)25-10-15(22)14-8-11(2)21(13(14)4)12(3)9-24-5/h8,12H,6-7,9-10H2,1-5H3,(H,18,23)/t12-/m0/s1. The van der Waals surface area contributed by atoms with E-state index < -0.39 is 0 Å². The van der Waals surface area contributed by atoms with Crippen LogP contribution in [0.15, 0.2) is 16.0 Å². The second-order valence-electron chi connectivity index (χ2n) is 6.13. The molecule has 0 bridgehead atoms. The predicted octanol–water partition coefficient (Wildman–Crippen LogP) is 2.58. The zero-order chi connectivity index (χ0) is 18.6. The van der Waals surface area contributed by atoms with Crippen LogP contribution in [0.5, 0.6) is 0 Å². The summed E-state index contributed by atoms with van der Waals surface area (Å²) in [7, 11) is 1.67. The number of hydrogen-bond acceptors (Lipinski definition) is 5. The second-order valence-corrected chi connectivity index (χ2v) is 7.08. The van der Waals surface area contributed by atoms with Crippen LogP contribution in [0.25, 0.3) is 0 Å². The van der Waals surface area contributed by atoms with Crippen molar-refractivity contribution in [2.75, 3.05) is 19.5 Å². The maximum Gasteiger partial charge on any atom is 0.343 e. The van der Waals surface area contributed by atoms with Crippen molar-refractivity contribution in [3.05, 3.63) is 33.5 Å². The number of aromatic amines is 1. The highest BCUT2D eigenvalue weighted by Gasteiger charge is 2.20. The van der Waals surface area contributed by atoms with Gasteiger partial charge in [-0.15, -0.1) is 5.10 Å². The van der Waals surface area contributed by atoms with Crippen molar-refractivity contribution in [3.63, 3.8) is 0 Å². The van der Waals surface area contributed by atoms with E-state index in [2.05, 4.69) is 21.7 Å². The Kier molecular flexibility index (Phi) is 6.66. The number of nitrogens with one attached hydrogen (secondary N) is 1. The van der Waals surface area contributed by atoms with E-state index in [-0.39, 0.29) is 23.3 Å². The summed E-state index contributed by atoms with van der Waals surface area (Å²) in [6.07, 6.45) is 0.833. The number of nitrogens with zero attached hydrogens (tertiary/aromatic N) is 3. The maximum atomic E-state index is 12.7. The Morgan fingerprint density at radius 1 is 1.44 bits per heavy atom. The van der Waals surface area contributed by atoms with Gasteiger partial charge < -0.3 is 9.30 Å². The number of Topliss-reactive ketones (excluding diaryl/α,β-unsaturated/α-hetero) is 1. The lowest BCUT2D eigenvalue weighted by Crippen LogP contribution is -2.17. The average molecular weight is 366 g/mol. The Morgan fingerprint density at radius 2 is 2.16 bits per heavy atom. The van der Waals surface area contributed by atoms with E-state index in [0.717, 1.165) is 17.8 Å². The fraction of sp³-hybridized carbons (Fsp3) is 0.588. The highest BCUT2D eigenvalue weighted by molar-refractivity contribution is 7.99. The van der Waals surface area contributed by atoms with Crippen molar-refractivity contribution in [2.24, 2.45) is 0 Å². The molecule has 0 aliphatic heterocycles. The van der Waals surface area contributed by atoms with E-state index in [1.54, 1.807) is 11.7 Å². The zero-order valence-corrected chi connectivity index (χ0v) is 16.3. The molecule has 0 fully saturated rings. The largest absolute Gasteiger partial charge is 0.383 e. The first-order chi connectivity index (χ1) is 11.9. The van der Waals surface area contributed by atoms with Crippen LogP contribution in [0.1, 0.15) is 48.1 Å². The van der Waals surface area contributed by atoms with Crippen LogP contribution in [0.2, 0.25) is 0 Å². The smallest absolute Gasteiger partial charge is 0.343 e. The van der Waals surface area contributed by atoms with E-state index in [9.17, 15) is 9.59 Å². The minimum absolute atomic E-state index is 0.0347. The van der Waals surface area contributed by atoms with Crippen LogP contribution in [-0.2, 0) is 11.3 Å². The summed E-state index contributed by atoms with van der Waals surface area (Å²) in [5, 5.41) is 7.02. The molecule has 138 valence electrons. The fourth-order valence-electron chi connectivity index (χ4n) is 3.10. The number of rotatable bonds is 9. The minimum Gasteiger partial charge on any atom is -0.383 e. The van der Waals surface area contributed by atoms with Crippen molar-refractivity contribution in [1.82, 2.24) is 19.3 Å². The van der Waals surface area contributed by atoms with Crippen LogP contribution in [0.3, 0.4) is 0 Å². The van der Waals surface area contributed by atoms with Gasteiger partial charge in [-0.2, -0.15) is 0 Å². The molecule has 1 atom stereocenters. The molecule has 2 rings (SSSR count). The van der Waals surface area contributed by atoms with Crippen LogP contribution < -0.4 is 5.69 Å². The van der Waals surface area contributed by atoms with Crippen LogP contribution >= 0.6 is 11.8 Å². The molecule has 7 nitrogen and oxygen atoms in total. The highest BCUT2D eigenvalue weighted by atomic mass is 32.2. The number of thioether (sulfide) groups is 1. The molecule has 0 amide bonds. The van der Waals surface area contributed by atoms with Crippen LogP contribution in [-0.4, -0.2) is 44.6 Å². The number of aryl methyl sites for hydroxylation is 1. The van der Waals surface area contributed by atoms with E-state index >= 15 is 0 Å². The van der Waals surface area contributed by atoms with Gasteiger partial charge in [0.15, 0.2) is 10.9 Å². The topological polar surface area (TPSA) is 81.9 Å². The molecule has 8 heteroatoms. The lowest BCUT2D eigenvalue weighted by molar-refractivity contribution is 0.102. The molecule has 2 aromatic heterocycles. The van der Waals surface area contributed by atoms with Crippen LogP contribution in [0, 0.1) is 13.8 Å². The predicted molar refractivity (Wildman–Crippen MR) is 98.7 cm³/mol. The summed E-state index contributed by atoms with van der Waals surface area (Å²) in [5.41, 5.74) is 2.47. The average Bonchev–Trinajstić information content (AvgIpc) is 3.06. The van der Waals surface area contributed by atoms with E-state index in [1.165, 1.54) is 11.8 Å². The molecule has 0 aliphatic rings. The fourth-order valence-corrected chi connectivity index (χ4v) is 3.95. The highest BCUT2D eigenvalue weighted by Crippen LogP contribution is 2.23. The van der Waals surface area contributed by atoms with Gasteiger partial charge in [-0.3, -0.25) is 9.36 Å². The van der Waals surface area contributed by atoms with E-state index in [4.69, 9.17) is 4.74 Å². The molecule has 0 saturated carbocycles. The first-order valence-electron chi connectivity index (χ1n) is 8.39. The number of methoxy groups -OCH3 is 1. The Balaban J connectivity index is 2.14. The molecule has 0 radical (unpaired) electrons. The van der Waals surface area contributed by atoms with Gasteiger partial charge in [0.2, 0.25) is 0 Å². The van der Waals surface area contributed by atoms with Crippen molar-refractivity contribution >= 4 is 17.5 Å². The molecule has 0 saturated heterocycles. The van der Waals surface area contributed by atoms with Crippen molar-refractivity contribution < 1.29 is 9.53 Å². The number of ketones is 1. The third-order valence-corrected chi connectivity index (χ3v) is 5.11. The molecule has 2 heterocycles. The summed E-state index contributed by atoms with van der Waals surface area (Å²) in [6, 6.07) is 2.09. The van der Waals surface area contributed by atoms with E-state index in [0.29, 0.717) is 23.9 Å². The number of carbonyl (C=O) groups is 1. The lowest BCUT2D eigenvalue weighted by Gasteiger charge is -2.17. The molecule has 0 unspecified atom stereocenters. The Bertz CT molecular complexity index is 790. The van der Waals surface area contributed by atoms with Gasteiger partial charge in [0, 0.05) is 30.6 Å². The number of aromatic nitrogens is 4. The van der Waals surface area contributed by atoms with Crippen molar-refractivity contribution in [2.45, 2.75) is 51.9 Å². The van der Waals surface area contributed by atoms with Gasteiger partial charge in [-0.25, -0.2) is 9.89 Å². The minimum atomic E-state index is -0.233. The molecule has 0 aromatic carbocycles. The first-order valence-corrected chi connectivity index (χ1v) is 9.37. The number of hydrogen-bond donors (Lipinski definition) is 1. The number of carbonyl (C=O) groups excluding carboxylic acids is 1. The zero-order valence-electron chi connectivity index (χ0n) is 15.5. The molecule has 0 spiro atoms. The SMILES string of the molecule is CCCn1c(SCC(=O)c2cc(C)n([C@@H](C)COC)c2C)n[nH]c1=O. The van der Waals surface area contributed by atoms with Gasteiger partial charge >= 0.3 is 5.69 Å². The van der Waals surface area contributed by atoms with Gasteiger partial charge in [0.1, 0.15) is 0 Å². The second kappa shape index (κ2) is 8.53. The molecule has 0 aliphatic carbocycles. The molecule has 2 aromatic rings. The summed E-state index contributed by atoms with van der Waals surface area (Å²) >= 11 is 1.29. The van der Waals surface area contributed by atoms with Gasteiger partial charge in [0.05, 0.1) is 18.4 Å². The monoisotopic (exact) mass is 366 g/mol. The molecular formula is C17H26N4O3S. The van der Waals surface area contributed by atoms with E-state index in [1.807, 2.05) is 26.8 Å². The molecular weight excluding hydrogens is 340 g/mol. The Morgan fingerprint density at radius 3 is 2.80 bits per heavy atom. The molecule has 1 N–H and O–H groups in total. The Labute approximate surface area is 151 Å². The quantitative estimate of drug-likeness (QED) is 0.545. The van der Waals surface area contributed by atoms with Crippen molar-refractivity contribution in [3.8, 4) is 0 Å². The summed E-state index contributed by atoms with van der Waals surface area (Å²) in [4.78, 5) is 24.4. The van der Waals surface area contributed by atoms with Crippen LogP contribution in [0.4, 0.5) is 0 Å².